The van der Waals surface area contributed by atoms with Crippen LogP contribution in [0.3, 0.4) is 0 Å². The number of thiophene rings is 1. The zero-order valence-corrected chi connectivity index (χ0v) is 18.7. The highest BCUT2D eigenvalue weighted by Gasteiger charge is 2.25. The van der Waals surface area contributed by atoms with Crippen LogP contribution in [0.25, 0.3) is 10.2 Å². The molecule has 6 nitrogen and oxygen atoms in total. The number of rotatable bonds is 6. The number of aromatic nitrogens is 2. The molecule has 2 aromatic heterocycles. The second-order valence-electron chi connectivity index (χ2n) is 7.60. The van der Waals surface area contributed by atoms with Crippen molar-refractivity contribution in [1.82, 2.24) is 14.6 Å². The van der Waals surface area contributed by atoms with E-state index in [9.17, 15) is 9.59 Å². The number of fused-ring (bicyclic) bond motifs is 3. The van der Waals surface area contributed by atoms with Crippen molar-refractivity contribution in [1.29, 1.82) is 0 Å². The molecule has 31 heavy (non-hydrogen) atoms. The first-order chi connectivity index (χ1) is 15.2. The second kappa shape index (κ2) is 8.43. The molecule has 5 rings (SSSR count). The Morgan fingerprint density at radius 3 is 2.87 bits per heavy atom. The van der Waals surface area contributed by atoms with Gasteiger partial charge in [0.1, 0.15) is 4.83 Å². The first-order valence-electron chi connectivity index (χ1n) is 10.4. The van der Waals surface area contributed by atoms with E-state index in [0.29, 0.717) is 18.2 Å². The minimum atomic E-state index is -0.0795. The van der Waals surface area contributed by atoms with Crippen molar-refractivity contribution in [2.45, 2.75) is 37.4 Å². The van der Waals surface area contributed by atoms with Crippen LogP contribution >= 0.6 is 23.1 Å². The van der Waals surface area contributed by atoms with Crippen molar-refractivity contribution >= 4 is 44.9 Å². The van der Waals surface area contributed by atoms with Gasteiger partial charge in [-0.3, -0.25) is 14.2 Å². The van der Waals surface area contributed by atoms with Gasteiger partial charge in [-0.15, -0.1) is 17.9 Å². The van der Waals surface area contributed by atoms with Crippen LogP contribution in [0.1, 0.15) is 28.8 Å². The standard InChI is InChI=1S/C23H22N4O2S2/c1-2-12-26-22(29)20-16-9-6-10-18(16)31-21(20)24-23(26)30-14-19(28)27-13-11-17(25-27)15-7-4-3-5-8-15/h2-5,7-8H,1,6,9-14H2. The molecule has 1 aromatic carbocycles. The van der Waals surface area contributed by atoms with E-state index in [1.807, 2.05) is 30.3 Å². The molecule has 2 aliphatic rings. The molecule has 1 aliphatic carbocycles. The lowest BCUT2D eigenvalue weighted by Gasteiger charge is -2.13. The van der Waals surface area contributed by atoms with Gasteiger partial charge >= 0.3 is 0 Å². The number of carbonyl (C=O) groups is 1. The molecule has 0 saturated heterocycles. The number of carbonyl (C=O) groups excluding carboxylic acids is 1. The van der Waals surface area contributed by atoms with E-state index < -0.39 is 0 Å². The average Bonchev–Trinajstić information content (AvgIpc) is 3.51. The molecular weight excluding hydrogens is 428 g/mol. The van der Waals surface area contributed by atoms with Gasteiger partial charge in [0.15, 0.2) is 5.16 Å². The Morgan fingerprint density at radius 1 is 1.23 bits per heavy atom. The molecule has 0 saturated carbocycles. The normalized spacial score (nSPS) is 15.4. The summed E-state index contributed by atoms with van der Waals surface area (Å²) in [4.78, 5) is 32.8. The van der Waals surface area contributed by atoms with Crippen LogP contribution in [0.2, 0.25) is 0 Å². The molecule has 0 spiro atoms. The van der Waals surface area contributed by atoms with E-state index in [1.54, 1.807) is 22.0 Å². The summed E-state index contributed by atoms with van der Waals surface area (Å²) in [5.41, 5.74) is 3.12. The highest BCUT2D eigenvalue weighted by atomic mass is 32.2. The lowest BCUT2D eigenvalue weighted by atomic mass is 10.1. The van der Waals surface area contributed by atoms with Gasteiger partial charge in [0.25, 0.3) is 11.5 Å². The Morgan fingerprint density at radius 2 is 2.06 bits per heavy atom. The van der Waals surface area contributed by atoms with Gasteiger partial charge in [-0.25, -0.2) is 9.99 Å². The van der Waals surface area contributed by atoms with Gasteiger partial charge in [0.05, 0.1) is 23.4 Å². The van der Waals surface area contributed by atoms with Crippen molar-refractivity contribution in [2.75, 3.05) is 12.3 Å². The predicted octanol–water partition coefficient (Wildman–Crippen LogP) is 3.86. The van der Waals surface area contributed by atoms with E-state index in [1.165, 1.54) is 27.2 Å². The Bertz CT molecular complexity index is 1260. The third-order valence-electron chi connectivity index (χ3n) is 5.62. The monoisotopic (exact) mass is 450 g/mol. The van der Waals surface area contributed by atoms with Gasteiger partial charge < -0.3 is 0 Å². The molecule has 0 fully saturated rings. The largest absolute Gasteiger partial charge is 0.283 e. The Hall–Kier alpha value is -2.71. The van der Waals surface area contributed by atoms with Gasteiger partial charge in [-0.05, 0) is 30.4 Å². The number of hydrogen-bond acceptors (Lipinski definition) is 6. The number of hydrazone groups is 1. The molecule has 0 radical (unpaired) electrons. The smallest absolute Gasteiger partial charge is 0.263 e. The minimum Gasteiger partial charge on any atom is -0.283 e. The zero-order chi connectivity index (χ0) is 21.4. The number of benzene rings is 1. The Labute approximate surface area is 188 Å². The Balaban J connectivity index is 1.38. The summed E-state index contributed by atoms with van der Waals surface area (Å²) >= 11 is 2.92. The fourth-order valence-electron chi connectivity index (χ4n) is 4.13. The minimum absolute atomic E-state index is 0.0233. The lowest BCUT2D eigenvalue weighted by molar-refractivity contribution is -0.127. The van der Waals surface area contributed by atoms with Gasteiger partial charge in [0.2, 0.25) is 0 Å². The number of aryl methyl sites for hydroxylation is 2. The van der Waals surface area contributed by atoms with E-state index in [4.69, 9.17) is 4.98 Å². The van der Waals surface area contributed by atoms with Crippen LogP contribution < -0.4 is 5.56 Å². The quantitative estimate of drug-likeness (QED) is 0.325. The van der Waals surface area contributed by atoms with Crippen LogP contribution in [0.15, 0.2) is 58.0 Å². The fourth-order valence-corrected chi connectivity index (χ4v) is 6.31. The molecule has 0 N–H and O–H groups in total. The van der Waals surface area contributed by atoms with E-state index in [0.717, 1.165) is 47.2 Å². The number of hydrogen-bond donors (Lipinski definition) is 0. The molecule has 0 atom stereocenters. The molecule has 0 unspecified atom stereocenters. The van der Waals surface area contributed by atoms with Crippen LogP contribution in [-0.2, 0) is 24.2 Å². The molecule has 3 aromatic rings. The highest BCUT2D eigenvalue weighted by molar-refractivity contribution is 7.99. The van der Waals surface area contributed by atoms with Gasteiger partial charge in [0, 0.05) is 17.8 Å². The summed E-state index contributed by atoms with van der Waals surface area (Å²) < 4.78 is 1.64. The summed E-state index contributed by atoms with van der Waals surface area (Å²) in [6, 6.07) is 9.92. The molecular formula is C23H22N4O2S2. The molecule has 8 heteroatoms. The number of amides is 1. The van der Waals surface area contributed by atoms with E-state index in [2.05, 4.69) is 11.7 Å². The Kier molecular flexibility index (Phi) is 5.50. The predicted molar refractivity (Wildman–Crippen MR) is 126 cm³/mol. The summed E-state index contributed by atoms with van der Waals surface area (Å²) in [7, 11) is 0. The molecule has 3 heterocycles. The van der Waals surface area contributed by atoms with Crippen molar-refractivity contribution in [3.63, 3.8) is 0 Å². The van der Waals surface area contributed by atoms with Crippen molar-refractivity contribution in [3.8, 4) is 0 Å². The topological polar surface area (TPSA) is 67.6 Å². The van der Waals surface area contributed by atoms with Crippen molar-refractivity contribution in [3.05, 3.63) is 69.3 Å². The third-order valence-corrected chi connectivity index (χ3v) is 7.77. The van der Waals surface area contributed by atoms with E-state index >= 15 is 0 Å². The molecule has 1 aliphatic heterocycles. The zero-order valence-electron chi connectivity index (χ0n) is 17.0. The molecule has 0 bridgehead atoms. The number of thioether (sulfide) groups is 1. The molecule has 1 amide bonds. The van der Waals surface area contributed by atoms with Gasteiger partial charge in [-0.2, -0.15) is 5.10 Å². The summed E-state index contributed by atoms with van der Waals surface area (Å²) in [5.74, 6) is 0.107. The van der Waals surface area contributed by atoms with Gasteiger partial charge in [-0.1, -0.05) is 48.2 Å². The first-order valence-corrected chi connectivity index (χ1v) is 12.2. The van der Waals surface area contributed by atoms with Crippen LogP contribution in [0.5, 0.6) is 0 Å². The maximum absolute atomic E-state index is 13.2. The van der Waals surface area contributed by atoms with Crippen LogP contribution in [0, 0.1) is 0 Å². The summed E-state index contributed by atoms with van der Waals surface area (Å²) in [6.45, 7) is 4.74. The SMILES string of the molecule is C=CCn1c(SCC(=O)N2CCC(c3ccccc3)=N2)nc2sc3c(c2c1=O)CCC3. The van der Waals surface area contributed by atoms with Crippen LogP contribution in [0.4, 0.5) is 0 Å². The number of allylic oxidation sites excluding steroid dienone is 1. The summed E-state index contributed by atoms with van der Waals surface area (Å²) in [5, 5.41) is 7.37. The maximum Gasteiger partial charge on any atom is 0.263 e. The van der Waals surface area contributed by atoms with Crippen molar-refractivity contribution in [2.24, 2.45) is 5.10 Å². The van der Waals surface area contributed by atoms with Crippen molar-refractivity contribution < 1.29 is 4.79 Å². The lowest BCUT2D eigenvalue weighted by Crippen LogP contribution is -2.27. The third kappa shape index (κ3) is 3.74. The summed E-state index contributed by atoms with van der Waals surface area (Å²) in [6.07, 6.45) is 5.51. The van der Waals surface area contributed by atoms with Crippen LogP contribution in [-0.4, -0.2) is 38.5 Å². The second-order valence-corrected chi connectivity index (χ2v) is 9.63. The highest BCUT2D eigenvalue weighted by Crippen LogP contribution is 2.35. The average molecular weight is 451 g/mol. The number of nitrogens with zero attached hydrogens (tertiary/aromatic N) is 4. The maximum atomic E-state index is 13.2. The molecule has 158 valence electrons. The van der Waals surface area contributed by atoms with E-state index in [-0.39, 0.29) is 17.2 Å². The fraction of sp³-hybridized carbons (Fsp3) is 0.304. The first kappa shape index (κ1) is 20.2.